The molecule has 1 aromatic heterocycles. The number of fused-ring (bicyclic) bond motifs is 1. The fourth-order valence-electron chi connectivity index (χ4n) is 2.91. The van der Waals surface area contributed by atoms with E-state index >= 15 is 0 Å². The van der Waals surface area contributed by atoms with E-state index in [1.54, 1.807) is 24.8 Å². The van der Waals surface area contributed by atoms with Gasteiger partial charge in [-0.1, -0.05) is 24.3 Å². The first-order chi connectivity index (χ1) is 16.2. The molecule has 1 heterocycles. The average molecular weight is 492 g/mol. The van der Waals surface area contributed by atoms with Crippen molar-refractivity contribution in [2.45, 2.75) is 26.4 Å². The Hall–Kier alpha value is -3.27. The Kier molecular flexibility index (Phi) is 10.2. The van der Waals surface area contributed by atoms with Crippen LogP contribution in [0.4, 0.5) is 13.2 Å². The van der Waals surface area contributed by atoms with Gasteiger partial charge in [-0.05, 0) is 56.4 Å². The molecule has 0 aliphatic carbocycles. The van der Waals surface area contributed by atoms with Gasteiger partial charge in [0, 0.05) is 12.3 Å². The molecular weight excluding hydrogens is 463 g/mol. The highest BCUT2D eigenvalue weighted by molar-refractivity contribution is 8.01. The number of hydrogen-bond acceptors (Lipinski definition) is 5. The van der Waals surface area contributed by atoms with Gasteiger partial charge in [0.2, 0.25) is 5.82 Å². The number of amidine groups is 1. The number of aromatic nitrogens is 2. The normalized spacial score (nSPS) is 13.9. The van der Waals surface area contributed by atoms with Crippen LogP contribution in [0.2, 0.25) is 0 Å². The van der Waals surface area contributed by atoms with Gasteiger partial charge >= 0.3 is 6.18 Å². The number of ether oxygens (including phenoxy) is 1. The highest BCUT2D eigenvalue weighted by atomic mass is 32.2. The molecule has 0 unspecified atom stereocenters. The molecule has 0 atom stereocenters. The molecular formula is C24H28F3N5OS. The van der Waals surface area contributed by atoms with Gasteiger partial charge in [-0.25, -0.2) is 9.98 Å². The quantitative estimate of drug-likeness (QED) is 0.183. The number of hydrogen-bond donors (Lipinski definition) is 1. The van der Waals surface area contributed by atoms with Crippen LogP contribution in [-0.4, -0.2) is 42.0 Å². The highest BCUT2D eigenvalue weighted by Crippen LogP contribution is 2.34. The van der Waals surface area contributed by atoms with E-state index in [0.29, 0.717) is 18.1 Å². The van der Waals surface area contributed by atoms with E-state index in [-0.39, 0.29) is 16.9 Å². The van der Waals surface area contributed by atoms with Gasteiger partial charge in [0.05, 0.1) is 30.5 Å². The molecule has 0 aliphatic rings. The molecule has 6 nitrogen and oxygen atoms in total. The zero-order valence-electron chi connectivity index (χ0n) is 19.6. The van der Waals surface area contributed by atoms with Crippen LogP contribution in [0.1, 0.15) is 26.1 Å². The van der Waals surface area contributed by atoms with Crippen molar-refractivity contribution in [3.8, 4) is 5.75 Å². The Morgan fingerprint density at radius 3 is 2.74 bits per heavy atom. The maximum absolute atomic E-state index is 13.7. The van der Waals surface area contributed by atoms with Crippen LogP contribution in [0, 0.1) is 0 Å². The SMILES string of the molecule is C=N/C(=C\NC(C)=NCC(=CC/C=C\C)/C=C/SC)n1c(C(F)(F)F)nc2cc(OC)ccc21. The number of aliphatic imine (C=N–C) groups is 2. The summed E-state index contributed by atoms with van der Waals surface area (Å²) in [6.07, 6.45) is 7.45. The van der Waals surface area contributed by atoms with Gasteiger partial charge in [0.25, 0.3) is 0 Å². The number of methoxy groups -OCH3 is 1. The molecule has 1 aromatic carbocycles. The first-order valence-electron chi connectivity index (χ1n) is 10.3. The number of rotatable bonds is 10. The van der Waals surface area contributed by atoms with Crippen molar-refractivity contribution in [2.24, 2.45) is 9.98 Å². The van der Waals surface area contributed by atoms with Crippen LogP contribution in [0.15, 0.2) is 69.7 Å². The molecule has 2 aromatic rings. The molecule has 34 heavy (non-hydrogen) atoms. The molecule has 0 radical (unpaired) electrons. The molecule has 0 spiro atoms. The second kappa shape index (κ2) is 12.8. The fraction of sp³-hybridized carbons (Fsp3) is 0.292. The van der Waals surface area contributed by atoms with Gasteiger partial charge in [-0.2, -0.15) is 13.2 Å². The van der Waals surface area contributed by atoms with Crippen molar-refractivity contribution in [3.63, 3.8) is 0 Å². The van der Waals surface area contributed by atoms with Crippen molar-refractivity contribution in [1.29, 1.82) is 0 Å². The van der Waals surface area contributed by atoms with E-state index in [4.69, 9.17) is 4.74 Å². The lowest BCUT2D eigenvalue weighted by Gasteiger charge is -2.12. The Morgan fingerprint density at radius 2 is 2.12 bits per heavy atom. The van der Waals surface area contributed by atoms with Gasteiger partial charge in [0.15, 0.2) is 5.82 Å². The fourth-order valence-corrected chi connectivity index (χ4v) is 3.22. The van der Waals surface area contributed by atoms with Gasteiger partial charge < -0.3 is 10.1 Å². The van der Waals surface area contributed by atoms with Gasteiger partial charge in [-0.3, -0.25) is 9.56 Å². The third-order valence-electron chi connectivity index (χ3n) is 4.59. The van der Waals surface area contributed by atoms with Crippen molar-refractivity contribution in [3.05, 3.63) is 65.5 Å². The van der Waals surface area contributed by atoms with Crippen molar-refractivity contribution >= 4 is 41.2 Å². The molecule has 182 valence electrons. The molecule has 0 saturated carbocycles. The predicted molar refractivity (Wildman–Crippen MR) is 136 cm³/mol. The van der Waals surface area contributed by atoms with Gasteiger partial charge in [0.1, 0.15) is 5.75 Å². The Morgan fingerprint density at radius 1 is 1.35 bits per heavy atom. The summed E-state index contributed by atoms with van der Waals surface area (Å²) >= 11 is 1.58. The van der Waals surface area contributed by atoms with Crippen LogP contribution in [0.5, 0.6) is 5.75 Å². The number of imidazole rings is 1. The van der Waals surface area contributed by atoms with E-state index in [9.17, 15) is 13.2 Å². The molecule has 0 bridgehead atoms. The van der Waals surface area contributed by atoms with Crippen LogP contribution in [0.25, 0.3) is 16.9 Å². The third-order valence-corrected chi connectivity index (χ3v) is 4.99. The third kappa shape index (κ3) is 7.38. The lowest BCUT2D eigenvalue weighted by atomic mass is 10.2. The lowest BCUT2D eigenvalue weighted by Crippen LogP contribution is -2.18. The summed E-state index contributed by atoms with van der Waals surface area (Å²) in [5.74, 6) is -0.268. The number of nitrogens with one attached hydrogen (secondary N) is 1. The van der Waals surface area contributed by atoms with Crippen molar-refractivity contribution in [2.75, 3.05) is 19.9 Å². The summed E-state index contributed by atoms with van der Waals surface area (Å²) in [5, 5.41) is 4.88. The molecule has 0 amide bonds. The molecule has 2 rings (SSSR count). The van der Waals surface area contributed by atoms with Crippen LogP contribution in [-0.2, 0) is 6.18 Å². The predicted octanol–water partition coefficient (Wildman–Crippen LogP) is 6.30. The minimum absolute atomic E-state index is 0.0688. The van der Waals surface area contributed by atoms with Crippen LogP contribution >= 0.6 is 11.8 Å². The zero-order valence-corrected chi connectivity index (χ0v) is 20.4. The minimum atomic E-state index is -4.70. The van der Waals surface area contributed by atoms with E-state index in [2.05, 4.69) is 33.1 Å². The Labute approximate surface area is 201 Å². The minimum Gasteiger partial charge on any atom is -0.497 e. The first-order valence-corrected chi connectivity index (χ1v) is 11.6. The summed E-state index contributed by atoms with van der Waals surface area (Å²) in [6, 6.07) is 4.49. The average Bonchev–Trinajstić information content (AvgIpc) is 3.20. The lowest BCUT2D eigenvalue weighted by molar-refractivity contribution is -0.145. The maximum atomic E-state index is 13.7. The molecule has 10 heteroatoms. The van der Waals surface area contributed by atoms with Crippen molar-refractivity contribution < 1.29 is 17.9 Å². The number of benzene rings is 1. The largest absolute Gasteiger partial charge is 0.497 e. The van der Waals surface area contributed by atoms with E-state index in [1.165, 1.54) is 25.4 Å². The van der Waals surface area contributed by atoms with Crippen LogP contribution < -0.4 is 10.1 Å². The Bertz CT molecular complexity index is 1140. The Balaban J connectivity index is 2.36. The van der Waals surface area contributed by atoms with E-state index < -0.39 is 12.0 Å². The summed E-state index contributed by atoms with van der Waals surface area (Å²) in [6.45, 7) is 7.54. The molecule has 0 aliphatic heterocycles. The monoisotopic (exact) mass is 491 g/mol. The number of nitrogens with zero attached hydrogens (tertiary/aromatic N) is 4. The molecule has 1 N–H and O–H groups in total. The summed E-state index contributed by atoms with van der Waals surface area (Å²) in [7, 11) is 1.43. The number of allylic oxidation sites excluding steroid dienone is 3. The van der Waals surface area contributed by atoms with Gasteiger partial charge in [-0.15, -0.1) is 11.8 Å². The summed E-state index contributed by atoms with van der Waals surface area (Å²) in [5.41, 5.74) is 1.37. The van der Waals surface area contributed by atoms with E-state index in [0.717, 1.165) is 16.6 Å². The maximum Gasteiger partial charge on any atom is 0.450 e. The molecule has 0 fully saturated rings. The second-order valence-corrected chi connectivity index (χ2v) is 7.70. The number of halogens is 3. The van der Waals surface area contributed by atoms with Crippen molar-refractivity contribution in [1.82, 2.24) is 14.9 Å². The van der Waals surface area contributed by atoms with Crippen LogP contribution in [0.3, 0.4) is 0 Å². The topological polar surface area (TPSA) is 63.8 Å². The highest BCUT2D eigenvalue weighted by Gasteiger charge is 2.38. The van der Waals surface area contributed by atoms with E-state index in [1.807, 2.05) is 36.8 Å². The smallest absolute Gasteiger partial charge is 0.450 e. The number of alkyl halides is 3. The number of thioether (sulfide) groups is 1. The summed E-state index contributed by atoms with van der Waals surface area (Å²) in [4.78, 5) is 12.1. The second-order valence-electron chi connectivity index (χ2n) is 6.95. The standard InChI is InChI=1S/C24H28F3N5OS/c1-6-7-8-9-18(12-13-34-5)15-29-17(2)30-16-22(28-3)32-21-11-10-19(33-4)14-20(21)31-23(32)24(25,26)27/h6-7,9-14,16H,3,8,15H2,1-2,4-5H3,(H,29,30)/b7-6-,13-12+,18-9?,22-16+. The molecule has 0 saturated heterocycles. The summed E-state index contributed by atoms with van der Waals surface area (Å²) < 4.78 is 47.2. The first kappa shape index (κ1) is 27.0. The zero-order chi connectivity index (χ0) is 25.1.